The molecule has 0 saturated carbocycles. The van der Waals surface area contributed by atoms with E-state index in [1.807, 2.05) is 30.3 Å². The Morgan fingerprint density at radius 2 is 2.11 bits per heavy atom. The van der Waals surface area contributed by atoms with Crippen LogP contribution >= 0.6 is 15.9 Å². The highest BCUT2D eigenvalue weighted by Crippen LogP contribution is 2.32. The first-order chi connectivity index (χ1) is 12.9. The van der Waals surface area contributed by atoms with Gasteiger partial charge in [0.1, 0.15) is 6.61 Å². The number of alkyl halides is 2. The molecule has 1 aromatic carbocycles. The summed E-state index contributed by atoms with van der Waals surface area (Å²) in [5.74, 6) is -2.56. The van der Waals surface area contributed by atoms with Crippen LogP contribution in [0.5, 0.6) is 0 Å². The molecule has 27 heavy (non-hydrogen) atoms. The first-order valence-electron chi connectivity index (χ1n) is 8.31. The van der Waals surface area contributed by atoms with Gasteiger partial charge < -0.3 is 10.1 Å². The van der Waals surface area contributed by atoms with Crippen LogP contribution in [0.25, 0.3) is 16.9 Å². The van der Waals surface area contributed by atoms with E-state index in [9.17, 15) is 13.6 Å². The molecular weight excluding hydrogens is 424 g/mol. The molecule has 142 valence electrons. The van der Waals surface area contributed by atoms with Crippen LogP contribution in [0, 0.1) is 0 Å². The molecular formula is C17H16BrF2N5O2. The number of rotatable bonds is 4. The highest BCUT2D eigenvalue weighted by Gasteiger charge is 2.41. The molecule has 1 aliphatic rings. The van der Waals surface area contributed by atoms with Crippen molar-refractivity contribution in [2.75, 3.05) is 19.0 Å². The first-order valence-corrected chi connectivity index (χ1v) is 9.10. The van der Waals surface area contributed by atoms with Gasteiger partial charge in [-0.25, -0.2) is 27.6 Å². The maximum absolute atomic E-state index is 13.4. The molecule has 0 spiro atoms. The summed E-state index contributed by atoms with van der Waals surface area (Å²) in [6.07, 6.45) is -1.19. The van der Waals surface area contributed by atoms with Gasteiger partial charge in [-0.15, -0.1) is 5.10 Å². The van der Waals surface area contributed by atoms with Gasteiger partial charge in [0, 0.05) is 19.0 Å². The van der Waals surface area contributed by atoms with Crippen LogP contribution in [0.2, 0.25) is 0 Å². The lowest BCUT2D eigenvalue weighted by Gasteiger charge is -2.08. The van der Waals surface area contributed by atoms with Gasteiger partial charge >= 0.3 is 5.69 Å². The van der Waals surface area contributed by atoms with E-state index < -0.39 is 30.7 Å². The second kappa shape index (κ2) is 6.68. The van der Waals surface area contributed by atoms with Crippen molar-refractivity contribution in [2.24, 2.45) is 0 Å². The smallest absolute Gasteiger partial charge is 0.353 e. The van der Waals surface area contributed by atoms with Gasteiger partial charge in [0.25, 0.3) is 5.92 Å². The van der Waals surface area contributed by atoms with Crippen molar-refractivity contribution in [1.82, 2.24) is 19.2 Å². The number of ether oxygens (including phenoxy) is 1. The maximum atomic E-state index is 13.4. The molecule has 4 rings (SSSR count). The normalized spacial score (nSPS) is 18.9. The fourth-order valence-corrected chi connectivity index (χ4v) is 3.70. The van der Waals surface area contributed by atoms with Crippen LogP contribution in [0.4, 0.5) is 14.7 Å². The molecule has 1 aliphatic heterocycles. The van der Waals surface area contributed by atoms with Gasteiger partial charge in [0.2, 0.25) is 5.95 Å². The quantitative estimate of drug-likeness (QED) is 0.676. The van der Waals surface area contributed by atoms with E-state index in [1.165, 1.54) is 4.40 Å². The molecule has 1 unspecified atom stereocenters. The standard InChI is InChI=1S/C17H16BrF2N5O2/c1-21-15-22-13(10-5-3-2-4-6-10)12(18)14-23-24(16(26)25(14)15)8-11-7-17(19,20)9-27-11/h2-6,11H,7-9H2,1H3,(H,21,22). The van der Waals surface area contributed by atoms with Crippen molar-refractivity contribution < 1.29 is 13.5 Å². The highest BCUT2D eigenvalue weighted by atomic mass is 79.9. The number of hydrogen-bond donors (Lipinski definition) is 1. The largest absolute Gasteiger partial charge is 0.370 e. The topological polar surface area (TPSA) is 73.4 Å². The number of benzene rings is 1. The van der Waals surface area contributed by atoms with E-state index >= 15 is 0 Å². The van der Waals surface area contributed by atoms with E-state index in [-0.39, 0.29) is 6.54 Å². The Bertz CT molecular complexity index is 1050. The Hall–Kier alpha value is -2.33. The molecule has 0 aliphatic carbocycles. The number of nitrogens with zero attached hydrogens (tertiary/aromatic N) is 4. The summed E-state index contributed by atoms with van der Waals surface area (Å²) in [5, 5.41) is 7.23. The molecule has 3 aromatic rings. The van der Waals surface area contributed by atoms with Gasteiger partial charge in [-0.3, -0.25) is 0 Å². The summed E-state index contributed by atoms with van der Waals surface area (Å²) in [6, 6.07) is 9.45. The van der Waals surface area contributed by atoms with Gasteiger partial charge in [0.05, 0.1) is 22.8 Å². The summed E-state index contributed by atoms with van der Waals surface area (Å²) >= 11 is 3.48. The predicted octanol–water partition coefficient (Wildman–Crippen LogP) is 2.79. The van der Waals surface area contributed by atoms with Crippen molar-refractivity contribution >= 4 is 27.5 Å². The minimum atomic E-state index is -2.87. The van der Waals surface area contributed by atoms with Crippen LogP contribution in [0.1, 0.15) is 6.42 Å². The fourth-order valence-electron chi connectivity index (χ4n) is 3.13. The van der Waals surface area contributed by atoms with E-state index in [2.05, 4.69) is 31.3 Å². The first kappa shape index (κ1) is 18.1. The van der Waals surface area contributed by atoms with Gasteiger partial charge in [-0.1, -0.05) is 30.3 Å². The third kappa shape index (κ3) is 3.23. The van der Waals surface area contributed by atoms with Crippen molar-refractivity contribution in [2.45, 2.75) is 25.0 Å². The molecule has 0 bridgehead atoms. The van der Waals surface area contributed by atoms with Crippen molar-refractivity contribution in [3.63, 3.8) is 0 Å². The van der Waals surface area contributed by atoms with Crippen LogP contribution < -0.4 is 11.0 Å². The molecule has 0 amide bonds. The van der Waals surface area contributed by atoms with Gasteiger partial charge in [-0.05, 0) is 15.9 Å². The lowest BCUT2D eigenvalue weighted by molar-refractivity contribution is -0.0107. The number of hydrogen-bond acceptors (Lipinski definition) is 5. The van der Waals surface area contributed by atoms with Gasteiger partial charge in [0.15, 0.2) is 5.65 Å². The Balaban J connectivity index is 1.81. The second-order valence-electron chi connectivity index (χ2n) is 6.33. The Morgan fingerprint density at radius 3 is 2.74 bits per heavy atom. The minimum absolute atomic E-state index is 0.0492. The summed E-state index contributed by atoms with van der Waals surface area (Å²) in [7, 11) is 1.65. The fraction of sp³-hybridized carbons (Fsp3) is 0.353. The molecule has 1 atom stereocenters. The summed E-state index contributed by atoms with van der Waals surface area (Å²) in [6.45, 7) is -0.683. The zero-order chi connectivity index (χ0) is 19.2. The predicted molar refractivity (Wildman–Crippen MR) is 99.2 cm³/mol. The van der Waals surface area contributed by atoms with E-state index in [0.717, 1.165) is 10.2 Å². The third-order valence-corrected chi connectivity index (χ3v) is 5.11. The average molecular weight is 440 g/mol. The third-order valence-electron chi connectivity index (χ3n) is 4.38. The Morgan fingerprint density at radius 1 is 1.37 bits per heavy atom. The molecule has 0 radical (unpaired) electrons. The van der Waals surface area contributed by atoms with Crippen molar-refractivity contribution in [1.29, 1.82) is 0 Å². The molecule has 1 fully saturated rings. The van der Waals surface area contributed by atoms with E-state index in [1.54, 1.807) is 7.05 Å². The zero-order valence-corrected chi connectivity index (χ0v) is 15.9. The molecule has 1 saturated heterocycles. The summed E-state index contributed by atoms with van der Waals surface area (Å²) in [5.41, 5.74) is 1.35. The zero-order valence-electron chi connectivity index (χ0n) is 14.3. The number of fused-ring (bicyclic) bond motifs is 1. The Labute approximate surface area is 161 Å². The van der Waals surface area contributed by atoms with E-state index in [0.29, 0.717) is 21.8 Å². The summed E-state index contributed by atoms with van der Waals surface area (Å²) < 4.78 is 34.8. The number of aromatic nitrogens is 4. The number of anilines is 1. The monoisotopic (exact) mass is 439 g/mol. The van der Waals surface area contributed by atoms with Crippen LogP contribution in [-0.2, 0) is 11.3 Å². The van der Waals surface area contributed by atoms with E-state index in [4.69, 9.17) is 4.74 Å². The highest BCUT2D eigenvalue weighted by molar-refractivity contribution is 9.10. The number of halogens is 3. The molecule has 2 aromatic heterocycles. The molecule has 10 heteroatoms. The van der Waals surface area contributed by atoms with Crippen molar-refractivity contribution in [3.05, 3.63) is 45.3 Å². The minimum Gasteiger partial charge on any atom is -0.370 e. The molecule has 7 nitrogen and oxygen atoms in total. The molecule has 3 heterocycles. The second-order valence-corrected chi connectivity index (χ2v) is 7.12. The Kier molecular flexibility index (Phi) is 4.47. The van der Waals surface area contributed by atoms with Gasteiger partial charge in [-0.2, -0.15) is 0 Å². The van der Waals surface area contributed by atoms with Crippen molar-refractivity contribution in [3.8, 4) is 11.3 Å². The van der Waals surface area contributed by atoms with Crippen LogP contribution in [0.15, 0.2) is 39.6 Å². The van der Waals surface area contributed by atoms with Crippen LogP contribution in [-0.4, -0.2) is 44.8 Å². The lowest BCUT2D eigenvalue weighted by atomic mass is 10.1. The summed E-state index contributed by atoms with van der Waals surface area (Å²) in [4.78, 5) is 17.3. The molecule has 1 N–H and O–H groups in total. The maximum Gasteiger partial charge on any atom is 0.353 e. The average Bonchev–Trinajstić information content (AvgIpc) is 3.17. The van der Waals surface area contributed by atoms with Crippen LogP contribution in [0.3, 0.4) is 0 Å². The SMILES string of the molecule is CNc1nc(-c2ccccc2)c(Br)c2nn(CC3CC(F)(F)CO3)c(=O)n12. The lowest BCUT2D eigenvalue weighted by Crippen LogP contribution is -2.28. The number of nitrogens with one attached hydrogen (secondary N) is 1.